The van der Waals surface area contributed by atoms with Gasteiger partial charge < -0.3 is 20.5 Å². The molecule has 3 atom stereocenters. The molecule has 0 bridgehead atoms. The number of aliphatic hydroxyl groups is 1. The van der Waals surface area contributed by atoms with Crippen molar-refractivity contribution in [1.82, 2.24) is 10.6 Å². The number of carbonyl (C=O) groups is 1. The van der Waals surface area contributed by atoms with Gasteiger partial charge in [0.2, 0.25) is 0 Å². The number of carbonyl (C=O) groups excluding carboxylic acids is 1. The second kappa shape index (κ2) is 8.25. The molecule has 0 radical (unpaired) electrons. The fourth-order valence-electron chi connectivity index (χ4n) is 2.57. The number of amides is 2. The first-order valence-electron chi connectivity index (χ1n) is 7.65. The molecule has 5 nitrogen and oxygen atoms in total. The highest BCUT2D eigenvalue weighted by Gasteiger charge is 2.22. The molecule has 0 saturated heterocycles. The summed E-state index contributed by atoms with van der Waals surface area (Å²) in [7, 11) is 0. The van der Waals surface area contributed by atoms with Gasteiger partial charge >= 0.3 is 6.03 Å². The van der Waals surface area contributed by atoms with Crippen LogP contribution >= 0.6 is 11.6 Å². The minimum atomic E-state index is -0.212. The van der Waals surface area contributed by atoms with Crippen LogP contribution in [0, 0.1) is 5.92 Å². The van der Waals surface area contributed by atoms with E-state index in [2.05, 4.69) is 10.6 Å². The quantitative estimate of drug-likeness (QED) is 0.752. The van der Waals surface area contributed by atoms with Crippen molar-refractivity contribution in [3.05, 3.63) is 29.3 Å². The van der Waals surface area contributed by atoms with Crippen LogP contribution in [0.25, 0.3) is 0 Å². The van der Waals surface area contributed by atoms with Crippen LogP contribution in [0.15, 0.2) is 24.3 Å². The van der Waals surface area contributed by atoms with Crippen molar-refractivity contribution >= 4 is 17.6 Å². The lowest BCUT2D eigenvalue weighted by molar-refractivity contribution is 0.177. The number of aliphatic hydroxyl groups excluding tert-OH is 1. The van der Waals surface area contributed by atoms with E-state index in [1.807, 2.05) is 19.1 Å². The summed E-state index contributed by atoms with van der Waals surface area (Å²) in [6, 6.07) is 7.04. The highest BCUT2D eigenvalue weighted by molar-refractivity contribution is 6.32. The Balaban J connectivity index is 1.64. The van der Waals surface area contributed by atoms with E-state index in [1.165, 1.54) is 0 Å². The molecule has 122 valence electrons. The molecule has 2 amide bonds. The molecule has 6 heteroatoms. The van der Waals surface area contributed by atoms with Gasteiger partial charge in [-0.1, -0.05) is 23.7 Å². The smallest absolute Gasteiger partial charge is 0.314 e. The Labute approximate surface area is 136 Å². The molecule has 0 aromatic heterocycles. The molecule has 2 rings (SSSR count). The van der Waals surface area contributed by atoms with Crippen LogP contribution in [0.2, 0.25) is 5.02 Å². The lowest BCUT2D eigenvalue weighted by atomic mass is 10.1. The van der Waals surface area contributed by atoms with E-state index < -0.39 is 0 Å². The molecule has 0 unspecified atom stereocenters. The summed E-state index contributed by atoms with van der Waals surface area (Å²) < 4.78 is 5.68. The number of para-hydroxylation sites is 1. The van der Waals surface area contributed by atoms with Gasteiger partial charge in [-0.15, -0.1) is 0 Å². The van der Waals surface area contributed by atoms with Gasteiger partial charge in [-0.2, -0.15) is 0 Å². The van der Waals surface area contributed by atoms with Crippen molar-refractivity contribution in [3.63, 3.8) is 0 Å². The largest absolute Gasteiger partial charge is 0.487 e. The minimum Gasteiger partial charge on any atom is -0.487 e. The fourth-order valence-corrected chi connectivity index (χ4v) is 2.75. The lowest BCUT2D eigenvalue weighted by Gasteiger charge is -2.17. The van der Waals surface area contributed by atoms with Gasteiger partial charge in [0, 0.05) is 6.54 Å². The highest BCUT2D eigenvalue weighted by atomic mass is 35.5. The predicted molar refractivity (Wildman–Crippen MR) is 86.3 cm³/mol. The average molecular weight is 327 g/mol. The van der Waals surface area contributed by atoms with Gasteiger partial charge in [0.15, 0.2) is 0 Å². The van der Waals surface area contributed by atoms with Crippen molar-refractivity contribution in [2.24, 2.45) is 5.92 Å². The molecule has 1 aliphatic carbocycles. The van der Waals surface area contributed by atoms with Crippen LogP contribution in [-0.4, -0.2) is 36.4 Å². The first-order valence-corrected chi connectivity index (χ1v) is 8.03. The fraction of sp³-hybridized carbons (Fsp3) is 0.562. The second-order valence-electron chi connectivity index (χ2n) is 5.78. The monoisotopic (exact) mass is 326 g/mol. The van der Waals surface area contributed by atoms with Crippen molar-refractivity contribution < 1.29 is 14.6 Å². The maximum absolute atomic E-state index is 11.7. The van der Waals surface area contributed by atoms with Crippen LogP contribution in [0.1, 0.15) is 26.2 Å². The van der Waals surface area contributed by atoms with Crippen LogP contribution < -0.4 is 15.4 Å². The third-order valence-electron chi connectivity index (χ3n) is 3.78. The molecule has 22 heavy (non-hydrogen) atoms. The van der Waals surface area contributed by atoms with E-state index in [4.69, 9.17) is 16.3 Å². The Bertz CT molecular complexity index is 498. The number of rotatable bonds is 6. The number of nitrogens with one attached hydrogen (secondary N) is 2. The Morgan fingerprint density at radius 1 is 1.41 bits per heavy atom. The van der Waals surface area contributed by atoms with Crippen molar-refractivity contribution in [2.45, 2.75) is 38.4 Å². The van der Waals surface area contributed by atoms with Crippen LogP contribution in [0.5, 0.6) is 5.75 Å². The summed E-state index contributed by atoms with van der Waals surface area (Å²) in [4.78, 5) is 11.7. The van der Waals surface area contributed by atoms with Gasteiger partial charge in [-0.3, -0.25) is 0 Å². The van der Waals surface area contributed by atoms with Crippen molar-refractivity contribution in [2.75, 3.05) is 13.1 Å². The Hall–Kier alpha value is -1.46. The molecule has 0 heterocycles. The summed E-state index contributed by atoms with van der Waals surface area (Å²) in [5.74, 6) is 0.983. The summed E-state index contributed by atoms with van der Waals surface area (Å²) in [5, 5.41) is 15.6. The molecule has 1 saturated carbocycles. The van der Waals surface area contributed by atoms with Crippen LogP contribution in [-0.2, 0) is 0 Å². The van der Waals surface area contributed by atoms with Crippen LogP contribution in [0.3, 0.4) is 0 Å². The van der Waals surface area contributed by atoms with E-state index in [0.717, 1.165) is 19.3 Å². The molecular formula is C16H23ClN2O3. The van der Waals surface area contributed by atoms with E-state index in [9.17, 15) is 9.90 Å². The number of halogens is 1. The van der Waals surface area contributed by atoms with Gasteiger partial charge in [0.25, 0.3) is 0 Å². The number of benzene rings is 1. The first-order chi connectivity index (χ1) is 10.5. The maximum Gasteiger partial charge on any atom is 0.314 e. The Kier molecular flexibility index (Phi) is 6.34. The standard InChI is InChI=1S/C16H23ClN2O3/c1-11(22-15-5-3-2-4-14(15)17)9-18-16(21)19-10-12-6-7-13(20)8-12/h2-5,11-13,20H,6-10H2,1H3,(H2,18,19,21)/t11-,12-,13-/m1/s1. The number of urea groups is 1. The lowest BCUT2D eigenvalue weighted by Crippen LogP contribution is -2.42. The van der Waals surface area contributed by atoms with E-state index >= 15 is 0 Å². The molecule has 1 aromatic carbocycles. The zero-order valence-corrected chi connectivity index (χ0v) is 13.5. The van der Waals surface area contributed by atoms with Gasteiger partial charge in [-0.05, 0) is 44.2 Å². The second-order valence-corrected chi connectivity index (χ2v) is 6.19. The third kappa shape index (κ3) is 5.39. The number of ether oxygens (including phenoxy) is 1. The zero-order valence-electron chi connectivity index (χ0n) is 12.7. The molecular weight excluding hydrogens is 304 g/mol. The van der Waals surface area contributed by atoms with E-state index in [1.54, 1.807) is 12.1 Å². The number of hydrogen-bond donors (Lipinski definition) is 3. The Morgan fingerprint density at radius 2 is 2.18 bits per heavy atom. The van der Waals surface area contributed by atoms with Crippen molar-refractivity contribution in [3.8, 4) is 5.75 Å². The molecule has 3 N–H and O–H groups in total. The summed E-state index contributed by atoms with van der Waals surface area (Å²) >= 11 is 6.02. The molecule has 1 fully saturated rings. The van der Waals surface area contributed by atoms with Crippen LogP contribution in [0.4, 0.5) is 4.79 Å². The average Bonchev–Trinajstić information content (AvgIpc) is 2.91. The third-order valence-corrected chi connectivity index (χ3v) is 4.09. The molecule has 0 aliphatic heterocycles. The zero-order chi connectivity index (χ0) is 15.9. The first kappa shape index (κ1) is 16.9. The predicted octanol–water partition coefficient (Wildman–Crippen LogP) is 2.57. The van der Waals surface area contributed by atoms with Gasteiger partial charge in [0.1, 0.15) is 11.9 Å². The molecule has 1 aliphatic rings. The summed E-state index contributed by atoms with van der Waals surface area (Å²) in [6.07, 6.45) is 2.18. The maximum atomic E-state index is 11.7. The van der Waals surface area contributed by atoms with Gasteiger partial charge in [0.05, 0.1) is 17.7 Å². The molecule has 1 aromatic rings. The van der Waals surface area contributed by atoms with E-state index in [-0.39, 0.29) is 18.2 Å². The highest BCUT2D eigenvalue weighted by Crippen LogP contribution is 2.25. The summed E-state index contributed by atoms with van der Waals surface area (Å²) in [6.45, 7) is 2.87. The summed E-state index contributed by atoms with van der Waals surface area (Å²) in [5.41, 5.74) is 0. The van der Waals surface area contributed by atoms with Crippen molar-refractivity contribution in [1.29, 1.82) is 0 Å². The van der Waals surface area contributed by atoms with Gasteiger partial charge in [-0.25, -0.2) is 4.79 Å². The Morgan fingerprint density at radius 3 is 2.86 bits per heavy atom. The molecule has 0 spiro atoms. The SMILES string of the molecule is C[C@H](CNC(=O)NC[C@@H]1CC[C@@H](O)C1)Oc1ccccc1Cl. The minimum absolute atomic E-state index is 0.182. The number of hydrogen-bond acceptors (Lipinski definition) is 3. The normalized spacial score (nSPS) is 22.1. The van der Waals surface area contributed by atoms with E-state index in [0.29, 0.717) is 29.8 Å². The topological polar surface area (TPSA) is 70.6 Å².